The Bertz CT molecular complexity index is 1190. The van der Waals surface area contributed by atoms with Gasteiger partial charge >= 0.3 is 17.9 Å². The van der Waals surface area contributed by atoms with Gasteiger partial charge in [0.25, 0.3) is 0 Å². The van der Waals surface area contributed by atoms with Crippen LogP contribution in [0, 0.1) is 0 Å². The SMILES string of the molecule is CCCC/C=C\CCCCCCCC(=O)OC[C@H](COC(=O)CCCCCCCCCCCCCCCCC)OC(=O)CC/C=C\C/C=C\C/C=C\C/C=C\C/C=C\CCCCC. The lowest BCUT2D eigenvalue weighted by atomic mass is 10.0. The molecule has 63 heavy (non-hydrogen) atoms. The summed E-state index contributed by atoms with van der Waals surface area (Å²) in [5, 5.41) is 0. The van der Waals surface area contributed by atoms with Crippen LogP contribution < -0.4 is 0 Å². The highest BCUT2D eigenvalue weighted by Gasteiger charge is 2.19. The molecule has 6 heteroatoms. The lowest BCUT2D eigenvalue weighted by molar-refractivity contribution is -0.166. The number of rotatable bonds is 47. The molecule has 0 amide bonds. The average molecular weight is 879 g/mol. The molecule has 0 aromatic carbocycles. The first-order valence-corrected chi connectivity index (χ1v) is 26.4. The highest BCUT2D eigenvalue weighted by Crippen LogP contribution is 2.15. The summed E-state index contributed by atoms with van der Waals surface area (Å²) in [6.07, 6.45) is 64.7. The standard InChI is InChI=1S/C57H98O6/c1-4-7-10-13-16-19-22-24-26-27-28-29-31-33-36-39-42-45-48-51-57(60)63-54(52-61-55(58)49-46-43-40-37-34-21-18-15-12-9-6-3)53-62-56(59)50-47-44-41-38-35-32-30-25-23-20-17-14-11-8-5-2/h15-16,18-19,24,26,28-29,33,36,42,45,54H,4-14,17,20-23,25,27,30-32,34-35,37-41,43-44,46-53H2,1-3H3/b18-15-,19-16-,26-24-,29-28-,36-33-,45-42-/t54-/m1/s1. The molecule has 0 unspecified atom stereocenters. The molecule has 1 atom stereocenters. The van der Waals surface area contributed by atoms with Gasteiger partial charge in [-0.2, -0.15) is 0 Å². The van der Waals surface area contributed by atoms with E-state index in [0.717, 1.165) is 77.0 Å². The number of hydrogen-bond acceptors (Lipinski definition) is 6. The van der Waals surface area contributed by atoms with E-state index in [9.17, 15) is 14.4 Å². The van der Waals surface area contributed by atoms with Gasteiger partial charge in [-0.1, -0.05) is 229 Å². The van der Waals surface area contributed by atoms with Crippen LogP contribution in [0.1, 0.15) is 252 Å². The summed E-state index contributed by atoms with van der Waals surface area (Å²) >= 11 is 0. The van der Waals surface area contributed by atoms with Gasteiger partial charge in [0.2, 0.25) is 0 Å². The van der Waals surface area contributed by atoms with Crippen LogP contribution >= 0.6 is 0 Å². The summed E-state index contributed by atoms with van der Waals surface area (Å²) in [5.74, 6) is -0.996. The first kappa shape index (κ1) is 59.9. The van der Waals surface area contributed by atoms with E-state index in [0.29, 0.717) is 19.3 Å². The number of allylic oxidation sites excluding steroid dienone is 12. The summed E-state index contributed by atoms with van der Waals surface area (Å²) in [4.78, 5) is 37.9. The minimum atomic E-state index is -0.815. The molecular formula is C57H98O6. The van der Waals surface area contributed by atoms with E-state index in [-0.39, 0.29) is 31.6 Å². The highest BCUT2D eigenvalue weighted by atomic mass is 16.6. The van der Waals surface area contributed by atoms with E-state index in [4.69, 9.17) is 14.2 Å². The Balaban J connectivity index is 4.48. The van der Waals surface area contributed by atoms with Crippen LogP contribution in [0.3, 0.4) is 0 Å². The number of carbonyl (C=O) groups excluding carboxylic acids is 3. The second kappa shape index (κ2) is 51.5. The second-order valence-corrected chi connectivity index (χ2v) is 17.4. The molecule has 0 heterocycles. The number of hydrogen-bond donors (Lipinski definition) is 0. The van der Waals surface area contributed by atoms with Gasteiger partial charge in [0.1, 0.15) is 13.2 Å². The molecule has 0 saturated carbocycles. The van der Waals surface area contributed by atoms with Crippen molar-refractivity contribution < 1.29 is 28.6 Å². The van der Waals surface area contributed by atoms with Crippen molar-refractivity contribution >= 4 is 17.9 Å². The largest absolute Gasteiger partial charge is 0.462 e. The maximum absolute atomic E-state index is 12.8. The molecule has 0 aromatic rings. The monoisotopic (exact) mass is 879 g/mol. The van der Waals surface area contributed by atoms with Crippen LogP contribution in [0.2, 0.25) is 0 Å². The molecule has 0 saturated heterocycles. The van der Waals surface area contributed by atoms with Gasteiger partial charge in [-0.05, 0) is 77.0 Å². The zero-order chi connectivity index (χ0) is 45.8. The summed E-state index contributed by atoms with van der Waals surface area (Å²) in [7, 11) is 0. The smallest absolute Gasteiger partial charge is 0.306 e. The molecule has 362 valence electrons. The summed E-state index contributed by atoms with van der Waals surface area (Å²) in [5.41, 5.74) is 0. The topological polar surface area (TPSA) is 78.9 Å². The lowest BCUT2D eigenvalue weighted by Crippen LogP contribution is -2.30. The van der Waals surface area contributed by atoms with E-state index >= 15 is 0 Å². The fourth-order valence-electron chi connectivity index (χ4n) is 7.17. The third-order valence-corrected chi connectivity index (χ3v) is 11.2. The normalized spacial score (nSPS) is 12.6. The van der Waals surface area contributed by atoms with Crippen molar-refractivity contribution in [2.24, 2.45) is 0 Å². The van der Waals surface area contributed by atoms with Gasteiger partial charge in [-0.15, -0.1) is 0 Å². The van der Waals surface area contributed by atoms with Gasteiger partial charge < -0.3 is 14.2 Å². The predicted octanol–water partition coefficient (Wildman–Crippen LogP) is 17.4. The van der Waals surface area contributed by atoms with Crippen molar-refractivity contribution in [2.45, 2.75) is 258 Å². The van der Waals surface area contributed by atoms with E-state index in [1.54, 1.807) is 0 Å². The van der Waals surface area contributed by atoms with Gasteiger partial charge in [-0.3, -0.25) is 14.4 Å². The molecule has 0 aliphatic rings. The van der Waals surface area contributed by atoms with Crippen LogP contribution in [-0.2, 0) is 28.6 Å². The van der Waals surface area contributed by atoms with Crippen LogP contribution in [0.5, 0.6) is 0 Å². The van der Waals surface area contributed by atoms with Crippen LogP contribution in [0.15, 0.2) is 72.9 Å². The first-order chi connectivity index (χ1) is 31.0. The van der Waals surface area contributed by atoms with Crippen molar-refractivity contribution in [3.8, 4) is 0 Å². The van der Waals surface area contributed by atoms with Crippen LogP contribution in [0.25, 0.3) is 0 Å². The number of carbonyl (C=O) groups is 3. The van der Waals surface area contributed by atoms with Gasteiger partial charge in [0, 0.05) is 19.3 Å². The minimum Gasteiger partial charge on any atom is -0.462 e. The zero-order valence-electron chi connectivity index (χ0n) is 41.3. The molecule has 0 aliphatic carbocycles. The molecule has 0 rings (SSSR count). The molecule has 0 aliphatic heterocycles. The molecule has 0 fully saturated rings. The molecule has 0 bridgehead atoms. The Morgan fingerprint density at radius 1 is 0.317 bits per heavy atom. The molecular weight excluding hydrogens is 781 g/mol. The quantitative estimate of drug-likeness (QED) is 0.0262. The van der Waals surface area contributed by atoms with Gasteiger partial charge in [-0.25, -0.2) is 0 Å². The van der Waals surface area contributed by atoms with Gasteiger partial charge in [0.15, 0.2) is 6.10 Å². The first-order valence-electron chi connectivity index (χ1n) is 26.4. The summed E-state index contributed by atoms with van der Waals surface area (Å²) in [6, 6.07) is 0. The van der Waals surface area contributed by atoms with Crippen molar-refractivity contribution in [3.63, 3.8) is 0 Å². The predicted molar refractivity (Wildman–Crippen MR) is 270 cm³/mol. The van der Waals surface area contributed by atoms with Crippen molar-refractivity contribution in [3.05, 3.63) is 72.9 Å². The van der Waals surface area contributed by atoms with E-state index in [2.05, 4.69) is 87.6 Å². The van der Waals surface area contributed by atoms with E-state index in [1.807, 2.05) is 6.08 Å². The van der Waals surface area contributed by atoms with E-state index < -0.39 is 12.1 Å². The van der Waals surface area contributed by atoms with Crippen LogP contribution in [0.4, 0.5) is 0 Å². The minimum absolute atomic E-state index is 0.106. The Morgan fingerprint density at radius 2 is 0.619 bits per heavy atom. The second-order valence-electron chi connectivity index (χ2n) is 17.4. The fourth-order valence-corrected chi connectivity index (χ4v) is 7.17. The van der Waals surface area contributed by atoms with E-state index in [1.165, 1.54) is 128 Å². The summed E-state index contributed by atoms with van der Waals surface area (Å²) in [6.45, 7) is 6.51. The highest BCUT2D eigenvalue weighted by molar-refractivity contribution is 5.71. The fraction of sp³-hybridized carbons (Fsp3) is 0.737. The summed E-state index contributed by atoms with van der Waals surface area (Å²) < 4.78 is 16.7. The number of ether oxygens (including phenoxy) is 3. The molecule has 0 spiro atoms. The zero-order valence-corrected chi connectivity index (χ0v) is 41.3. The van der Waals surface area contributed by atoms with Crippen LogP contribution in [-0.4, -0.2) is 37.2 Å². The van der Waals surface area contributed by atoms with Gasteiger partial charge in [0.05, 0.1) is 0 Å². The maximum Gasteiger partial charge on any atom is 0.306 e. The number of unbranched alkanes of at least 4 members (excludes halogenated alkanes) is 24. The third-order valence-electron chi connectivity index (χ3n) is 11.2. The Labute approximate surface area is 389 Å². The average Bonchev–Trinajstić information content (AvgIpc) is 3.28. The Hall–Kier alpha value is -3.15. The van der Waals surface area contributed by atoms with Crippen molar-refractivity contribution in [1.82, 2.24) is 0 Å². The van der Waals surface area contributed by atoms with Crippen molar-refractivity contribution in [1.29, 1.82) is 0 Å². The molecule has 0 radical (unpaired) electrons. The maximum atomic E-state index is 12.8. The third kappa shape index (κ3) is 49.7. The molecule has 0 N–H and O–H groups in total. The molecule has 0 aromatic heterocycles. The lowest BCUT2D eigenvalue weighted by Gasteiger charge is -2.18. The molecule has 6 nitrogen and oxygen atoms in total. The Morgan fingerprint density at radius 3 is 1.05 bits per heavy atom. The number of esters is 3. The Kier molecular flexibility index (Phi) is 48.9. The van der Waals surface area contributed by atoms with Crippen molar-refractivity contribution in [2.75, 3.05) is 13.2 Å².